The highest BCUT2D eigenvalue weighted by atomic mass is 19.1. The Balaban J connectivity index is 2.04. The molecule has 0 saturated carbocycles. The summed E-state index contributed by atoms with van der Waals surface area (Å²) in [6, 6.07) is 9.01. The summed E-state index contributed by atoms with van der Waals surface area (Å²) in [6.45, 7) is 4.07. The van der Waals surface area contributed by atoms with Crippen molar-refractivity contribution in [2.75, 3.05) is 5.32 Å². The number of hydrogen-bond donors (Lipinski definition) is 1. The van der Waals surface area contributed by atoms with Gasteiger partial charge in [-0.25, -0.2) is 4.39 Å². The minimum absolute atomic E-state index is 0.144. The number of aromatic nitrogens is 1. The number of pyridine rings is 1. The smallest absolute Gasteiger partial charge is 0.126 e. The monoisotopic (exact) mass is 244 g/mol. The van der Waals surface area contributed by atoms with Gasteiger partial charge in [-0.05, 0) is 43.5 Å². The molecule has 0 radical (unpaired) electrons. The third-order valence-electron chi connectivity index (χ3n) is 2.92. The topological polar surface area (TPSA) is 24.9 Å². The van der Waals surface area contributed by atoms with Crippen LogP contribution in [0.2, 0.25) is 0 Å². The van der Waals surface area contributed by atoms with Gasteiger partial charge in [0.2, 0.25) is 0 Å². The molecule has 1 unspecified atom stereocenters. The van der Waals surface area contributed by atoms with Crippen molar-refractivity contribution in [2.45, 2.75) is 26.3 Å². The molecule has 94 valence electrons. The van der Waals surface area contributed by atoms with Crippen molar-refractivity contribution in [2.24, 2.45) is 0 Å². The molecule has 1 atom stereocenters. The van der Waals surface area contributed by atoms with Gasteiger partial charge in [0.15, 0.2) is 0 Å². The van der Waals surface area contributed by atoms with Gasteiger partial charge in [-0.3, -0.25) is 4.98 Å². The van der Waals surface area contributed by atoms with Crippen LogP contribution in [-0.2, 0) is 6.42 Å². The maximum absolute atomic E-state index is 13.5. The molecule has 0 spiro atoms. The van der Waals surface area contributed by atoms with E-state index in [1.54, 1.807) is 18.5 Å². The molecule has 3 heteroatoms. The molecule has 1 heterocycles. The van der Waals surface area contributed by atoms with Crippen LogP contribution in [0.25, 0.3) is 0 Å². The highest BCUT2D eigenvalue weighted by molar-refractivity contribution is 5.48. The number of halogens is 1. The van der Waals surface area contributed by atoms with Gasteiger partial charge in [0.25, 0.3) is 0 Å². The lowest BCUT2D eigenvalue weighted by molar-refractivity contribution is 0.601. The zero-order chi connectivity index (χ0) is 13.0. The van der Waals surface area contributed by atoms with Crippen LogP contribution in [0.15, 0.2) is 42.7 Å². The fourth-order valence-corrected chi connectivity index (χ4v) is 1.93. The summed E-state index contributed by atoms with van der Waals surface area (Å²) in [5.74, 6) is -0.144. The number of nitrogens with zero attached hydrogens (tertiary/aromatic N) is 1. The zero-order valence-electron chi connectivity index (χ0n) is 10.7. The molecule has 2 aromatic rings. The molecular formula is C15H17FN2. The number of nitrogens with one attached hydrogen (secondary N) is 1. The molecule has 2 rings (SSSR count). The summed E-state index contributed by atoms with van der Waals surface area (Å²) in [5, 5.41) is 3.36. The average Bonchev–Trinajstić information content (AvgIpc) is 2.35. The molecule has 0 aliphatic heterocycles. The van der Waals surface area contributed by atoms with Crippen LogP contribution in [0.1, 0.15) is 18.1 Å². The van der Waals surface area contributed by atoms with E-state index in [0.717, 1.165) is 16.8 Å². The normalized spacial score (nSPS) is 12.2. The van der Waals surface area contributed by atoms with Crippen molar-refractivity contribution in [3.8, 4) is 0 Å². The van der Waals surface area contributed by atoms with Crippen molar-refractivity contribution in [3.63, 3.8) is 0 Å². The number of rotatable bonds is 4. The molecule has 2 nitrogen and oxygen atoms in total. The van der Waals surface area contributed by atoms with Crippen LogP contribution in [0, 0.1) is 12.7 Å². The summed E-state index contributed by atoms with van der Waals surface area (Å²) >= 11 is 0. The summed E-state index contributed by atoms with van der Waals surface area (Å²) in [5.41, 5.74) is 2.88. The molecule has 0 aliphatic carbocycles. The van der Waals surface area contributed by atoms with E-state index in [2.05, 4.69) is 10.3 Å². The van der Waals surface area contributed by atoms with Crippen LogP contribution < -0.4 is 5.32 Å². The molecule has 1 N–H and O–H groups in total. The van der Waals surface area contributed by atoms with Crippen LogP contribution in [0.3, 0.4) is 0 Å². The molecular weight excluding hydrogens is 227 g/mol. The quantitative estimate of drug-likeness (QED) is 0.889. The molecule has 18 heavy (non-hydrogen) atoms. The zero-order valence-corrected chi connectivity index (χ0v) is 10.7. The number of hydrogen-bond acceptors (Lipinski definition) is 2. The van der Waals surface area contributed by atoms with E-state index >= 15 is 0 Å². The van der Waals surface area contributed by atoms with E-state index in [1.807, 2.05) is 32.0 Å². The fraction of sp³-hybridized carbons (Fsp3) is 0.267. The first kappa shape index (κ1) is 12.6. The Kier molecular flexibility index (Phi) is 3.92. The Morgan fingerprint density at radius 2 is 2.06 bits per heavy atom. The molecule has 0 fully saturated rings. The van der Waals surface area contributed by atoms with Gasteiger partial charge in [0, 0.05) is 12.2 Å². The predicted octanol–water partition coefficient (Wildman–Crippen LogP) is 3.57. The summed E-state index contributed by atoms with van der Waals surface area (Å²) in [7, 11) is 0. The van der Waals surface area contributed by atoms with Gasteiger partial charge in [0.1, 0.15) is 5.82 Å². The van der Waals surface area contributed by atoms with Gasteiger partial charge in [-0.1, -0.05) is 18.2 Å². The Labute approximate surface area is 107 Å². The van der Waals surface area contributed by atoms with Crippen molar-refractivity contribution in [1.29, 1.82) is 0 Å². The molecule has 0 aliphatic rings. The Hall–Kier alpha value is -1.90. The van der Waals surface area contributed by atoms with Gasteiger partial charge in [0.05, 0.1) is 11.9 Å². The van der Waals surface area contributed by atoms with Crippen LogP contribution in [0.5, 0.6) is 0 Å². The van der Waals surface area contributed by atoms with Crippen molar-refractivity contribution >= 4 is 5.69 Å². The van der Waals surface area contributed by atoms with Gasteiger partial charge in [-0.15, -0.1) is 0 Å². The Bertz CT molecular complexity index is 478. The SMILES string of the molecule is Cc1ccncc1NC(C)Cc1ccccc1F. The summed E-state index contributed by atoms with van der Waals surface area (Å²) in [6.07, 6.45) is 4.22. The Morgan fingerprint density at radius 3 is 2.78 bits per heavy atom. The second-order valence-corrected chi connectivity index (χ2v) is 4.53. The van der Waals surface area contributed by atoms with E-state index in [0.29, 0.717) is 6.42 Å². The highest BCUT2D eigenvalue weighted by Crippen LogP contribution is 2.15. The lowest BCUT2D eigenvalue weighted by Crippen LogP contribution is -2.19. The van der Waals surface area contributed by atoms with Crippen LogP contribution >= 0.6 is 0 Å². The fourth-order valence-electron chi connectivity index (χ4n) is 1.93. The lowest BCUT2D eigenvalue weighted by atomic mass is 10.1. The maximum Gasteiger partial charge on any atom is 0.126 e. The van der Waals surface area contributed by atoms with Gasteiger partial charge >= 0.3 is 0 Å². The Morgan fingerprint density at radius 1 is 1.28 bits per heavy atom. The molecule has 0 amide bonds. The predicted molar refractivity (Wildman–Crippen MR) is 72.2 cm³/mol. The van der Waals surface area contributed by atoms with Crippen LogP contribution in [0.4, 0.5) is 10.1 Å². The first-order valence-electron chi connectivity index (χ1n) is 6.07. The van der Waals surface area contributed by atoms with E-state index in [4.69, 9.17) is 0 Å². The minimum Gasteiger partial charge on any atom is -0.381 e. The third-order valence-corrected chi connectivity index (χ3v) is 2.92. The van der Waals surface area contributed by atoms with E-state index < -0.39 is 0 Å². The molecule has 0 saturated heterocycles. The molecule has 1 aromatic carbocycles. The molecule has 1 aromatic heterocycles. The molecule has 0 bridgehead atoms. The first-order valence-corrected chi connectivity index (χ1v) is 6.07. The van der Waals surface area contributed by atoms with E-state index in [1.165, 1.54) is 6.07 Å². The standard InChI is InChI=1S/C15H17FN2/c1-11-7-8-17-10-15(11)18-12(2)9-13-5-3-4-6-14(13)16/h3-8,10,12,18H,9H2,1-2H3. The summed E-state index contributed by atoms with van der Waals surface area (Å²) < 4.78 is 13.5. The van der Waals surface area contributed by atoms with Crippen LogP contribution in [-0.4, -0.2) is 11.0 Å². The largest absolute Gasteiger partial charge is 0.381 e. The van der Waals surface area contributed by atoms with E-state index in [-0.39, 0.29) is 11.9 Å². The van der Waals surface area contributed by atoms with E-state index in [9.17, 15) is 4.39 Å². The van der Waals surface area contributed by atoms with Crippen molar-refractivity contribution in [1.82, 2.24) is 4.98 Å². The van der Waals surface area contributed by atoms with Gasteiger partial charge < -0.3 is 5.32 Å². The second kappa shape index (κ2) is 5.63. The lowest BCUT2D eigenvalue weighted by Gasteiger charge is -2.16. The number of anilines is 1. The van der Waals surface area contributed by atoms with Crippen molar-refractivity contribution in [3.05, 3.63) is 59.7 Å². The highest BCUT2D eigenvalue weighted by Gasteiger charge is 2.08. The van der Waals surface area contributed by atoms with Crippen molar-refractivity contribution < 1.29 is 4.39 Å². The third kappa shape index (κ3) is 3.06. The minimum atomic E-state index is -0.144. The first-order chi connectivity index (χ1) is 8.66. The maximum atomic E-state index is 13.5. The summed E-state index contributed by atoms with van der Waals surface area (Å²) in [4.78, 5) is 4.09. The number of benzene rings is 1. The number of aryl methyl sites for hydroxylation is 1. The average molecular weight is 244 g/mol. The van der Waals surface area contributed by atoms with Gasteiger partial charge in [-0.2, -0.15) is 0 Å². The second-order valence-electron chi connectivity index (χ2n) is 4.53.